The van der Waals surface area contributed by atoms with E-state index in [1.807, 2.05) is 37.0 Å². The summed E-state index contributed by atoms with van der Waals surface area (Å²) in [6, 6.07) is 0. The van der Waals surface area contributed by atoms with E-state index in [-0.39, 0.29) is 0 Å². The van der Waals surface area contributed by atoms with Crippen LogP contribution >= 0.6 is 0 Å². The molecular weight excluding hydrogens is 212 g/mol. The summed E-state index contributed by atoms with van der Waals surface area (Å²) in [7, 11) is 0. The Labute approximate surface area is 103 Å². The molecule has 4 nitrogen and oxygen atoms in total. The third-order valence-corrected chi connectivity index (χ3v) is 3.07. The quantitative estimate of drug-likeness (QED) is 0.580. The van der Waals surface area contributed by atoms with Crippen molar-refractivity contribution in [3.05, 3.63) is 17.8 Å². The maximum atomic E-state index is 4.71. The van der Waals surface area contributed by atoms with Gasteiger partial charge in [-0.15, -0.1) is 0 Å². The Kier molecular flexibility index (Phi) is 3.61. The van der Waals surface area contributed by atoms with Crippen molar-refractivity contribution in [3.8, 4) is 0 Å². The minimum absolute atomic E-state index is 0.938. The van der Waals surface area contributed by atoms with Crippen molar-refractivity contribution in [3.63, 3.8) is 0 Å². The molecule has 1 aliphatic rings. The van der Waals surface area contributed by atoms with Gasteiger partial charge in [0.25, 0.3) is 0 Å². The molecule has 1 aromatic rings. The zero-order valence-corrected chi connectivity index (χ0v) is 10.8. The molecule has 92 valence electrons. The lowest BCUT2D eigenvalue weighted by Crippen LogP contribution is -2.24. The lowest BCUT2D eigenvalue weighted by atomic mass is 10.4. The van der Waals surface area contributed by atoms with E-state index in [2.05, 4.69) is 16.9 Å². The molecule has 0 bridgehead atoms. The van der Waals surface area contributed by atoms with E-state index >= 15 is 0 Å². The van der Waals surface area contributed by atoms with Crippen LogP contribution in [0.4, 0.5) is 5.82 Å². The number of aryl methyl sites for hydroxylation is 1. The van der Waals surface area contributed by atoms with E-state index < -0.39 is 0 Å². The largest absolute Gasteiger partial charge is 0.360 e. The number of aromatic nitrogens is 2. The molecule has 1 aliphatic heterocycles. The molecule has 0 N–H and O–H groups in total. The molecule has 0 aliphatic carbocycles. The molecule has 0 amide bonds. The molecule has 0 spiro atoms. The predicted molar refractivity (Wildman–Crippen MR) is 71.5 cm³/mol. The highest BCUT2D eigenvalue weighted by Gasteiger charge is 2.13. The molecule has 1 saturated heterocycles. The average Bonchev–Trinajstić information content (AvgIpc) is 2.93. The topological polar surface area (TPSA) is 33.4 Å². The van der Waals surface area contributed by atoms with E-state index in [9.17, 15) is 0 Å². The molecule has 0 saturated carbocycles. The Hall–Kier alpha value is -1.58. The Bertz CT molecular complexity index is 436. The zero-order valence-electron chi connectivity index (χ0n) is 10.8. The van der Waals surface area contributed by atoms with Gasteiger partial charge in [-0.2, -0.15) is 5.10 Å². The summed E-state index contributed by atoms with van der Waals surface area (Å²) in [5.41, 5.74) is 1.11. The molecule has 2 heterocycles. The van der Waals surface area contributed by atoms with Gasteiger partial charge in [0.2, 0.25) is 0 Å². The minimum atomic E-state index is 0.938. The Morgan fingerprint density at radius 3 is 2.76 bits per heavy atom. The lowest BCUT2D eigenvalue weighted by Gasteiger charge is -2.16. The third kappa shape index (κ3) is 2.57. The Balaban J connectivity index is 2.26. The van der Waals surface area contributed by atoms with Crippen LogP contribution in [0.1, 0.15) is 32.3 Å². The molecule has 0 unspecified atom stereocenters. The van der Waals surface area contributed by atoms with Crippen LogP contribution in [0.25, 0.3) is 6.20 Å². The molecular formula is C13H20N4. The number of allylic oxidation sites excluding steroid dienone is 1. The van der Waals surface area contributed by atoms with Gasteiger partial charge in [0, 0.05) is 24.9 Å². The molecule has 0 atom stereocenters. The SMILES string of the molecule is C/C=C\n1ncc(C)c1/N=C(\C)N1CCCC1. The van der Waals surface area contributed by atoms with Crippen LogP contribution in [0.5, 0.6) is 0 Å². The highest BCUT2D eigenvalue weighted by Crippen LogP contribution is 2.20. The number of likely N-dealkylation sites (tertiary alicyclic amines) is 1. The van der Waals surface area contributed by atoms with Crippen LogP contribution in [0.2, 0.25) is 0 Å². The first kappa shape index (κ1) is 11.9. The van der Waals surface area contributed by atoms with Crippen LogP contribution in [0, 0.1) is 6.92 Å². The predicted octanol–water partition coefficient (Wildman–Crippen LogP) is 2.83. The summed E-state index contributed by atoms with van der Waals surface area (Å²) in [6.45, 7) is 8.37. The second kappa shape index (κ2) is 5.17. The summed E-state index contributed by atoms with van der Waals surface area (Å²) in [4.78, 5) is 7.05. The molecule has 17 heavy (non-hydrogen) atoms. The van der Waals surface area contributed by atoms with Crippen molar-refractivity contribution in [2.75, 3.05) is 13.1 Å². The number of hydrogen-bond acceptors (Lipinski definition) is 2. The lowest BCUT2D eigenvalue weighted by molar-refractivity contribution is 0.516. The number of aliphatic imine (C=N–C) groups is 1. The average molecular weight is 232 g/mol. The standard InChI is InChI=1S/C13H20N4/c1-4-7-17-13(11(2)10-14-17)15-12(3)16-8-5-6-9-16/h4,7,10H,5-6,8-9H2,1-3H3/b7-4-,15-12+. The number of amidine groups is 1. The van der Waals surface area contributed by atoms with Crippen LogP contribution in [-0.2, 0) is 0 Å². The fourth-order valence-electron chi connectivity index (χ4n) is 2.10. The fourth-order valence-corrected chi connectivity index (χ4v) is 2.10. The normalized spacial score (nSPS) is 17.4. The van der Waals surface area contributed by atoms with Gasteiger partial charge < -0.3 is 4.90 Å². The van der Waals surface area contributed by atoms with Crippen molar-refractivity contribution in [1.29, 1.82) is 0 Å². The summed E-state index contributed by atoms with van der Waals surface area (Å²) in [5.74, 6) is 2.03. The van der Waals surface area contributed by atoms with Gasteiger partial charge in [0.05, 0.1) is 6.20 Å². The Morgan fingerprint density at radius 1 is 1.41 bits per heavy atom. The van der Waals surface area contributed by atoms with Crippen molar-refractivity contribution in [1.82, 2.24) is 14.7 Å². The van der Waals surface area contributed by atoms with Gasteiger partial charge in [0.15, 0.2) is 5.82 Å². The van der Waals surface area contributed by atoms with E-state index in [1.165, 1.54) is 12.8 Å². The number of nitrogens with zero attached hydrogens (tertiary/aromatic N) is 4. The summed E-state index contributed by atoms with van der Waals surface area (Å²) < 4.78 is 1.83. The minimum Gasteiger partial charge on any atom is -0.360 e. The summed E-state index contributed by atoms with van der Waals surface area (Å²) in [6.07, 6.45) is 8.32. The van der Waals surface area contributed by atoms with E-state index in [4.69, 9.17) is 4.99 Å². The molecule has 2 rings (SSSR count). The van der Waals surface area contributed by atoms with Gasteiger partial charge >= 0.3 is 0 Å². The molecule has 4 heteroatoms. The smallest absolute Gasteiger partial charge is 0.159 e. The summed E-state index contributed by atoms with van der Waals surface area (Å²) >= 11 is 0. The second-order valence-corrected chi connectivity index (χ2v) is 4.43. The fraction of sp³-hybridized carbons (Fsp3) is 0.538. The molecule has 0 aromatic carbocycles. The number of rotatable bonds is 2. The van der Waals surface area contributed by atoms with Crippen LogP contribution in [-0.4, -0.2) is 33.6 Å². The third-order valence-electron chi connectivity index (χ3n) is 3.07. The molecule has 1 fully saturated rings. The van der Waals surface area contributed by atoms with E-state index in [1.54, 1.807) is 0 Å². The van der Waals surface area contributed by atoms with Crippen molar-refractivity contribution < 1.29 is 0 Å². The van der Waals surface area contributed by atoms with Gasteiger partial charge in [0.1, 0.15) is 5.84 Å². The van der Waals surface area contributed by atoms with E-state index in [0.29, 0.717) is 0 Å². The van der Waals surface area contributed by atoms with Gasteiger partial charge in [-0.3, -0.25) is 0 Å². The van der Waals surface area contributed by atoms with Crippen molar-refractivity contribution in [2.24, 2.45) is 4.99 Å². The highest BCUT2D eigenvalue weighted by atomic mass is 15.3. The van der Waals surface area contributed by atoms with Crippen molar-refractivity contribution >= 4 is 17.9 Å². The second-order valence-electron chi connectivity index (χ2n) is 4.43. The first-order valence-corrected chi connectivity index (χ1v) is 6.19. The highest BCUT2D eigenvalue weighted by molar-refractivity contribution is 5.82. The van der Waals surface area contributed by atoms with Gasteiger partial charge in [-0.05, 0) is 33.6 Å². The molecule has 0 radical (unpaired) electrons. The van der Waals surface area contributed by atoms with Crippen LogP contribution < -0.4 is 0 Å². The maximum absolute atomic E-state index is 4.71. The van der Waals surface area contributed by atoms with E-state index in [0.717, 1.165) is 30.3 Å². The summed E-state index contributed by atoms with van der Waals surface area (Å²) in [5, 5.41) is 4.29. The number of hydrogen-bond donors (Lipinski definition) is 0. The van der Waals surface area contributed by atoms with Crippen LogP contribution in [0.15, 0.2) is 17.3 Å². The van der Waals surface area contributed by atoms with Crippen molar-refractivity contribution in [2.45, 2.75) is 33.6 Å². The zero-order chi connectivity index (χ0) is 12.3. The maximum Gasteiger partial charge on any atom is 0.159 e. The van der Waals surface area contributed by atoms with Gasteiger partial charge in [-0.1, -0.05) is 6.08 Å². The van der Waals surface area contributed by atoms with Gasteiger partial charge in [-0.25, -0.2) is 9.67 Å². The first-order chi connectivity index (χ1) is 8.22. The Morgan fingerprint density at radius 2 is 2.12 bits per heavy atom. The first-order valence-electron chi connectivity index (χ1n) is 6.19. The van der Waals surface area contributed by atoms with Crippen LogP contribution in [0.3, 0.4) is 0 Å². The monoisotopic (exact) mass is 232 g/mol. The molecule has 1 aromatic heterocycles.